The maximum Gasteiger partial charge on any atom is 0.509 e. The van der Waals surface area contributed by atoms with Crippen molar-refractivity contribution in [1.29, 1.82) is 0 Å². The van der Waals surface area contributed by atoms with Crippen LogP contribution in [0.2, 0.25) is 0 Å². The maximum absolute atomic E-state index is 12.4. The van der Waals surface area contributed by atoms with Crippen molar-refractivity contribution in [3.05, 3.63) is 23.8 Å². The highest BCUT2D eigenvalue weighted by Crippen LogP contribution is 2.25. The first kappa shape index (κ1) is 10.5. The molecule has 0 saturated carbocycles. The van der Waals surface area contributed by atoms with Crippen LogP contribution in [0.15, 0.2) is 27.5 Å². The van der Waals surface area contributed by atoms with E-state index in [-0.39, 0.29) is 11.4 Å². The van der Waals surface area contributed by atoms with Crippen molar-refractivity contribution in [3.63, 3.8) is 0 Å². The Balaban J connectivity index is 2.62. The molecule has 2 nitrogen and oxygen atoms in total. The fourth-order valence-corrected chi connectivity index (χ4v) is 3.02. The van der Waals surface area contributed by atoms with Crippen LogP contribution in [0, 0.1) is 0 Å². The van der Waals surface area contributed by atoms with Crippen LogP contribution in [0.25, 0.3) is 0 Å². The molecule has 0 amide bonds. The van der Waals surface area contributed by atoms with Crippen LogP contribution in [0.1, 0.15) is 5.56 Å². The molecule has 0 aromatic heterocycles. The van der Waals surface area contributed by atoms with Gasteiger partial charge in [0, 0.05) is 11.2 Å². The Hall–Kier alpha value is -0.975. The summed E-state index contributed by atoms with van der Waals surface area (Å²) in [5, 5.41) is 0. The van der Waals surface area contributed by atoms with Crippen LogP contribution < -0.4 is 5.46 Å². The Bertz CT molecular complexity index is 531. The molecule has 1 atom stereocenters. The minimum Gasteiger partial charge on any atom is -0.445 e. The third-order valence-corrected chi connectivity index (χ3v) is 4.18. The second kappa shape index (κ2) is 3.01. The van der Waals surface area contributed by atoms with Crippen LogP contribution in [-0.2, 0) is 16.3 Å². The molecule has 2 rings (SSSR count). The fourth-order valence-electron chi connectivity index (χ4n) is 1.52. The lowest BCUT2D eigenvalue weighted by Crippen LogP contribution is -2.34. The minimum absolute atomic E-state index is 0.235. The molecule has 0 aliphatic carbocycles. The molecule has 1 unspecified atom stereocenters. The number of nitrogens with zero attached hydrogens (tertiary/aromatic N) is 1. The molecule has 0 radical (unpaired) electrons. The summed E-state index contributed by atoms with van der Waals surface area (Å²) >= 11 is 0. The molecular formula is C8H8BF3NOS-. The highest BCUT2D eigenvalue weighted by atomic mass is 32.2. The Morgan fingerprint density at radius 1 is 1.40 bits per heavy atom. The number of benzene rings is 1. The van der Waals surface area contributed by atoms with Gasteiger partial charge in [-0.2, -0.15) is 0 Å². The lowest BCUT2D eigenvalue weighted by molar-refractivity contribution is 0.501. The van der Waals surface area contributed by atoms with Crippen LogP contribution in [0.3, 0.4) is 0 Å². The highest BCUT2D eigenvalue weighted by molar-refractivity contribution is 7.93. The third kappa shape index (κ3) is 1.76. The monoisotopic (exact) mass is 234 g/mol. The Morgan fingerprint density at radius 2 is 2.07 bits per heavy atom. The van der Waals surface area contributed by atoms with Gasteiger partial charge in [-0.05, 0) is 5.56 Å². The van der Waals surface area contributed by atoms with Crippen molar-refractivity contribution in [1.82, 2.24) is 0 Å². The summed E-state index contributed by atoms with van der Waals surface area (Å²) in [6.45, 7) is -4.78. The van der Waals surface area contributed by atoms with Gasteiger partial charge in [-0.15, -0.1) is 5.46 Å². The molecule has 7 heteroatoms. The van der Waals surface area contributed by atoms with Crippen molar-refractivity contribution in [3.8, 4) is 0 Å². The van der Waals surface area contributed by atoms with Gasteiger partial charge < -0.3 is 12.9 Å². The molecule has 1 heterocycles. The largest absolute Gasteiger partial charge is 0.509 e. The molecule has 1 aromatic carbocycles. The van der Waals surface area contributed by atoms with E-state index in [4.69, 9.17) is 0 Å². The Morgan fingerprint density at radius 3 is 2.67 bits per heavy atom. The summed E-state index contributed by atoms with van der Waals surface area (Å²) in [6, 6.07) is 3.35. The first-order valence-corrected chi connectivity index (χ1v) is 6.24. The number of halogens is 3. The lowest BCUT2D eigenvalue weighted by Gasteiger charge is -2.16. The third-order valence-electron chi connectivity index (χ3n) is 2.36. The second-order valence-electron chi connectivity index (χ2n) is 3.53. The van der Waals surface area contributed by atoms with Gasteiger partial charge in [-0.1, -0.05) is 18.2 Å². The zero-order chi connectivity index (χ0) is 11.3. The van der Waals surface area contributed by atoms with E-state index in [1.807, 2.05) is 0 Å². The van der Waals surface area contributed by atoms with E-state index in [2.05, 4.69) is 4.36 Å². The predicted octanol–water partition coefficient (Wildman–Crippen LogP) is 1.71. The van der Waals surface area contributed by atoms with Crippen molar-refractivity contribution in [2.45, 2.75) is 11.4 Å². The van der Waals surface area contributed by atoms with Crippen LogP contribution in [-0.4, -0.2) is 17.4 Å². The molecule has 0 spiro atoms. The molecule has 0 fully saturated rings. The molecule has 1 aromatic rings. The first-order chi connectivity index (χ1) is 6.81. The van der Waals surface area contributed by atoms with E-state index in [0.717, 1.165) is 12.1 Å². The summed E-state index contributed by atoms with van der Waals surface area (Å²) in [6.07, 6.45) is 1.37. The van der Waals surface area contributed by atoms with Crippen molar-refractivity contribution < 1.29 is 17.2 Å². The van der Waals surface area contributed by atoms with E-state index in [0.29, 0.717) is 5.56 Å². The standard InChI is InChI=1S/C8H8BF3NOS/c1-15(14)8-4-7(9(10,11)12)3-2-6(8)5-13-15/h2-4H,5H2,1H3/q-1. The van der Waals surface area contributed by atoms with E-state index >= 15 is 0 Å². The quantitative estimate of drug-likeness (QED) is 0.680. The summed E-state index contributed by atoms with van der Waals surface area (Å²) < 4.78 is 52.9. The van der Waals surface area contributed by atoms with Gasteiger partial charge >= 0.3 is 6.98 Å². The zero-order valence-electron chi connectivity index (χ0n) is 7.91. The molecule has 0 saturated heterocycles. The van der Waals surface area contributed by atoms with Crippen molar-refractivity contribution in [2.75, 3.05) is 6.26 Å². The molecule has 1 aliphatic heterocycles. The normalized spacial score (nSPS) is 24.8. The highest BCUT2D eigenvalue weighted by Gasteiger charge is 2.28. The lowest BCUT2D eigenvalue weighted by atomic mass is 9.80. The van der Waals surface area contributed by atoms with E-state index in [1.165, 1.54) is 12.3 Å². The zero-order valence-corrected chi connectivity index (χ0v) is 8.73. The fraction of sp³-hybridized carbons (Fsp3) is 0.250. The summed E-state index contributed by atoms with van der Waals surface area (Å²) in [5.74, 6) is 0. The van der Waals surface area contributed by atoms with Gasteiger partial charge in [-0.25, -0.2) is 8.57 Å². The van der Waals surface area contributed by atoms with Crippen LogP contribution in [0.4, 0.5) is 12.9 Å². The van der Waals surface area contributed by atoms with Gasteiger partial charge in [0.2, 0.25) is 0 Å². The van der Waals surface area contributed by atoms with Crippen molar-refractivity contribution in [2.24, 2.45) is 4.36 Å². The van der Waals surface area contributed by atoms with Crippen LogP contribution in [0.5, 0.6) is 0 Å². The van der Waals surface area contributed by atoms with Gasteiger partial charge in [0.15, 0.2) is 0 Å². The van der Waals surface area contributed by atoms with Gasteiger partial charge in [-0.3, -0.25) is 0 Å². The number of hydrogen-bond donors (Lipinski definition) is 0. The number of rotatable bonds is 1. The van der Waals surface area contributed by atoms with Gasteiger partial charge in [0.05, 0.1) is 16.3 Å². The second-order valence-corrected chi connectivity index (χ2v) is 5.83. The van der Waals surface area contributed by atoms with Crippen LogP contribution >= 0.6 is 0 Å². The molecule has 15 heavy (non-hydrogen) atoms. The molecule has 82 valence electrons. The predicted molar refractivity (Wildman–Crippen MR) is 53.6 cm³/mol. The first-order valence-electron chi connectivity index (χ1n) is 4.31. The van der Waals surface area contributed by atoms with Gasteiger partial charge in [0.1, 0.15) is 0 Å². The van der Waals surface area contributed by atoms with E-state index in [1.54, 1.807) is 0 Å². The summed E-state index contributed by atoms with van der Waals surface area (Å²) in [5.41, 5.74) is -0.0771. The molecular weight excluding hydrogens is 226 g/mol. The van der Waals surface area contributed by atoms with E-state index < -0.39 is 22.2 Å². The molecule has 1 aliphatic rings. The Kier molecular flexibility index (Phi) is 2.11. The smallest absolute Gasteiger partial charge is 0.445 e. The molecule has 0 bridgehead atoms. The van der Waals surface area contributed by atoms with Crippen molar-refractivity contribution >= 4 is 22.2 Å². The topological polar surface area (TPSA) is 29.4 Å². The van der Waals surface area contributed by atoms with E-state index in [9.17, 15) is 17.2 Å². The summed E-state index contributed by atoms with van der Waals surface area (Å²) in [4.78, 5) is 0.235. The summed E-state index contributed by atoms with van der Waals surface area (Å²) in [7, 11) is -2.60. The maximum atomic E-state index is 12.4. The number of hydrogen-bond acceptors (Lipinski definition) is 2. The number of fused-ring (bicyclic) bond motifs is 1. The molecule has 0 N–H and O–H groups in total. The average Bonchev–Trinajstić information content (AvgIpc) is 2.41. The SMILES string of the molecule is CS1(=O)=NCc2ccc([B-](F)(F)F)cc21. The minimum atomic E-state index is -5.03. The Labute approximate surface area is 85.7 Å². The van der Waals surface area contributed by atoms with Gasteiger partial charge in [0.25, 0.3) is 0 Å². The average molecular weight is 234 g/mol.